The van der Waals surface area contributed by atoms with Crippen molar-refractivity contribution < 1.29 is 23.9 Å². The minimum Gasteiger partial charge on any atom is -0.458 e. The van der Waals surface area contributed by atoms with Crippen LogP contribution >= 0.6 is 12.2 Å². The summed E-state index contributed by atoms with van der Waals surface area (Å²) in [6.45, 7) is 4.05. The number of nitrogens with one attached hydrogen (secondary N) is 3. The van der Waals surface area contributed by atoms with E-state index in [4.69, 9.17) is 32.4 Å². The van der Waals surface area contributed by atoms with Gasteiger partial charge in [0.2, 0.25) is 12.0 Å². The van der Waals surface area contributed by atoms with Crippen LogP contribution in [0, 0.1) is 5.92 Å². The number of hydrogen-bond acceptors (Lipinski definition) is 9. The number of pyridine rings is 2. The smallest absolute Gasteiger partial charge is 0.352 e. The molecule has 3 atom stereocenters. The average molecular weight is 683 g/mol. The number of para-hydroxylation sites is 2. The molecule has 2 aliphatic rings. The SMILES string of the molecule is CC(C)C(NC(=O)[C@H](CCCCN)NC(=S)Nc1ccccc1)C(=O)OC1C(=O)OCc2c1cc1n(c2=O)Cc2cc3ccccc3nc2-1. The Balaban J connectivity index is 1.22. The number of benzene rings is 2. The normalized spacial score (nSPS) is 15.8. The number of nitrogens with zero attached hydrogens (tertiary/aromatic N) is 2. The maximum Gasteiger partial charge on any atom is 0.352 e. The van der Waals surface area contributed by atoms with Gasteiger partial charge in [-0.25, -0.2) is 14.6 Å². The summed E-state index contributed by atoms with van der Waals surface area (Å²) < 4.78 is 12.7. The predicted octanol–water partition coefficient (Wildman–Crippen LogP) is 3.69. The van der Waals surface area contributed by atoms with Gasteiger partial charge in [0, 0.05) is 22.2 Å². The van der Waals surface area contributed by atoms with Crippen LogP contribution in [-0.2, 0) is 37.0 Å². The number of nitrogens with two attached hydrogens (primary N) is 1. The van der Waals surface area contributed by atoms with Crippen LogP contribution in [0.15, 0.2) is 71.5 Å². The van der Waals surface area contributed by atoms with Gasteiger partial charge in [0.25, 0.3) is 5.56 Å². The van der Waals surface area contributed by atoms with E-state index in [0.717, 1.165) is 22.2 Å². The number of hydrogen-bond donors (Lipinski definition) is 4. The third-order valence-corrected chi connectivity index (χ3v) is 8.94. The first-order valence-corrected chi connectivity index (χ1v) is 16.7. The Morgan fingerprint density at radius 3 is 2.57 bits per heavy atom. The summed E-state index contributed by atoms with van der Waals surface area (Å²) in [4.78, 5) is 59.0. The van der Waals surface area contributed by atoms with E-state index < -0.39 is 42.0 Å². The molecule has 2 aliphatic heterocycles. The second-order valence-electron chi connectivity index (χ2n) is 12.5. The van der Waals surface area contributed by atoms with Crippen molar-refractivity contribution in [3.8, 4) is 11.4 Å². The number of rotatable bonds is 11. The van der Waals surface area contributed by atoms with Crippen LogP contribution in [0.25, 0.3) is 22.3 Å². The maximum atomic E-state index is 13.7. The molecule has 6 rings (SSSR count). The molecule has 4 aromatic rings. The molecule has 0 spiro atoms. The Bertz CT molecular complexity index is 1980. The summed E-state index contributed by atoms with van der Waals surface area (Å²) in [5.41, 5.74) is 9.37. The van der Waals surface area contributed by atoms with E-state index in [1.807, 2.05) is 60.7 Å². The molecule has 49 heavy (non-hydrogen) atoms. The number of unbranched alkanes of at least 4 members (excludes halogenated alkanes) is 1. The standard InChI is InChI=1S/C36H38N6O6S/c1-20(2)29(41-32(43)27(14-8-9-15-37)40-36(49)38-23-11-4-3-5-12-23)34(45)48-31-24-17-28-30-22(16-21-10-6-7-13-26(21)39-30)18-42(28)33(44)25(24)19-47-35(31)46/h3-7,10-13,16-17,20,27,29,31H,8-9,14-15,18-19,37H2,1-2H3,(H,41,43)(H2,38,40,49)/t27-,29?,31?/m0/s1. The van der Waals surface area contributed by atoms with Crippen LogP contribution in [0.1, 0.15) is 55.9 Å². The Hall–Kier alpha value is -5.14. The average Bonchev–Trinajstić information content (AvgIpc) is 3.44. The molecule has 4 heterocycles. The molecule has 0 radical (unpaired) electrons. The fraction of sp³-hybridized carbons (Fsp3) is 0.333. The number of amides is 1. The van der Waals surface area contributed by atoms with E-state index in [2.05, 4.69) is 16.0 Å². The number of anilines is 1. The maximum absolute atomic E-state index is 13.7. The monoisotopic (exact) mass is 682 g/mol. The lowest BCUT2D eigenvalue weighted by molar-refractivity contribution is -0.173. The molecule has 2 aromatic heterocycles. The van der Waals surface area contributed by atoms with Crippen molar-refractivity contribution in [2.24, 2.45) is 11.7 Å². The number of thiocarbonyl (C=S) groups is 1. The van der Waals surface area contributed by atoms with Crippen molar-refractivity contribution in [1.82, 2.24) is 20.2 Å². The predicted molar refractivity (Wildman–Crippen MR) is 188 cm³/mol. The van der Waals surface area contributed by atoms with E-state index in [-0.39, 0.29) is 28.4 Å². The summed E-state index contributed by atoms with van der Waals surface area (Å²) in [6, 6.07) is 18.7. The Morgan fingerprint density at radius 1 is 1.06 bits per heavy atom. The first-order chi connectivity index (χ1) is 23.6. The summed E-state index contributed by atoms with van der Waals surface area (Å²) in [5.74, 6) is -2.52. The fourth-order valence-corrected chi connectivity index (χ4v) is 6.38. The summed E-state index contributed by atoms with van der Waals surface area (Å²) in [7, 11) is 0. The van der Waals surface area contributed by atoms with Crippen LogP contribution in [-0.4, -0.2) is 51.1 Å². The Morgan fingerprint density at radius 2 is 1.82 bits per heavy atom. The van der Waals surface area contributed by atoms with Gasteiger partial charge in [0.05, 0.1) is 29.0 Å². The minimum atomic E-state index is -1.50. The summed E-state index contributed by atoms with van der Waals surface area (Å²) in [5, 5.41) is 10.1. The summed E-state index contributed by atoms with van der Waals surface area (Å²) in [6.07, 6.45) is 0.244. The van der Waals surface area contributed by atoms with E-state index in [1.54, 1.807) is 24.5 Å². The molecule has 1 amide bonds. The fourth-order valence-electron chi connectivity index (χ4n) is 6.12. The van der Waals surface area contributed by atoms with Crippen LogP contribution in [0.2, 0.25) is 0 Å². The molecule has 5 N–H and O–H groups in total. The molecule has 0 aliphatic carbocycles. The Kier molecular flexibility index (Phi) is 10.0. The zero-order valence-electron chi connectivity index (χ0n) is 27.2. The van der Waals surface area contributed by atoms with Gasteiger partial charge in [-0.1, -0.05) is 50.2 Å². The van der Waals surface area contributed by atoms with E-state index in [1.165, 1.54) is 0 Å². The second-order valence-corrected chi connectivity index (χ2v) is 12.9. The van der Waals surface area contributed by atoms with Gasteiger partial charge in [-0.15, -0.1) is 0 Å². The first kappa shape index (κ1) is 33.7. The van der Waals surface area contributed by atoms with Crippen molar-refractivity contribution in [2.75, 3.05) is 11.9 Å². The van der Waals surface area contributed by atoms with Crippen molar-refractivity contribution in [1.29, 1.82) is 0 Å². The third-order valence-electron chi connectivity index (χ3n) is 8.72. The van der Waals surface area contributed by atoms with Crippen LogP contribution < -0.4 is 27.2 Å². The molecular weight excluding hydrogens is 644 g/mol. The molecular formula is C36H38N6O6S. The first-order valence-electron chi connectivity index (χ1n) is 16.3. The number of carbonyl (C=O) groups excluding carboxylic acids is 3. The van der Waals surface area contributed by atoms with Crippen molar-refractivity contribution in [3.63, 3.8) is 0 Å². The van der Waals surface area contributed by atoms with Crippen LogP contribution in [0.5, 0.6) is 0 Å². The number of carbonyl (C=O) groups is 3. The highest BCUT2D eigenvalue weighted by molar-refractivity contribution is 7.80. The lowest BCUT2D eigenvalue weighted by Gasteiger charge is -2.29. The molecule has 0 saturated heterocycles. The molecule has 0 bridgehead atoms. The van der Waals surface area contributed by atoms with Gasteiger partial charge in [0.1, 0.15) is 18.7 Å². The number of ether oxygens (including phenoxy) is 2. The van der Waals surface area contributed by atoms with E-state index >= 15 is 0 Å². The molecule has 2 unspecified atom stereocenters. The molecule has 2 aromatic carbocycles. The van der Waals surface area contributed by atoms with Gasteiger partial charge >= 0.3 is 11.9 Å². The minimum absolute atomic E-state index is 0.229. The quantitative estimate of drug-likeness (QED) is 0.0912. The van der Waals surface area contributed by atoms with Crippen LogP contribution in [0.4, 0.5) is 5.69 Å². The van der Waals surface area contributed by atoms with Crippen molar-refractivity contribution in [3.05, 3.63) is 93.8 Å². The second kappa shape index (κ2) is 14.5. The van der Waals surface area contributed by atoms with Crippen molar-refractivity contribution in [2.45, 2.75) is 64.4 Å². The lowest BCUT2D eigenvalue weighted by Crippen LogP contribution is -2.54. The van der Waals surface area contributed by atoms with Gasteiger partial charge < -0.3 is 35.7 Å². The molecule has 13 heteroatoms. The van der Waals surface area contributed by atoms with Gasteiger partial charge in [-0.3, -0.25) is 9.59 Å². The lowest BCUT2D eigenvalue weighted by atomic mass is 9.99. The van der Waals surface area contributed by atoms with E-state index in [0.29, 0.717) is 43.7 Å². The summed E-state index contributed by atoms with van der Waals surface area (Å²) >= 11 is 5.48. The number of fused-ring (bicyclic) bond motifs is 5. The Labute approximate surface area is 288 Å². The third kappa shape index (κ3) is 7.18. The number of esters is 2. The molecule has 0 saturated carbocycles. The zero-order valence-corrected chi connectivity index (χ0v) is 28.0. The highest BCUT2D eigenvalue weighted by Gasteiger charge is 2.40. The van der Waals surface area contributed by atoms with Gasteiger partial charge in [-0.05, 0) is 74.3 Å². The highest BCUT2D eigenvalue weighted by Crippen LogP contribution is 2.36. The van der Waals surface area contributed by atoms with Gasteiger partial charge in [-0.2, -0.15) is 0 Å². The zero-order chi connectivity index (χ0) is 34.7. The number of cyclic esters (lactones) is 1. The molecule has 0 fully saturated rings. The van der Waals surface area contributed by atoms with Crippen LogP contribution in [0.3, 0.4) is 0 Å². The van der Waals surface area contributed by atoms with E-state index in [9.17, 15) is 19.2 Å². The van der Waals surface area contributed by atoms with Crippen molar-refractivity contribution >= 4 is 51.8 Å². The van der Waals surface area contributed by atoms with Gasteiger partial charge in [0.15, 0.2) is 5.11 Å². The topological polar surface area (TPSA) is 167 Å². The highest BCUT2D eigenvalue weighted by atomic mass is 32.1. The molecule has 254 valence electrons. The largest absolute Gasteiger partial charge is 0.458 e. The number of aromatic nitrogens is 2. The molecule has 12 nitrogen and oxygen atoms in total.